The van der Waals surface area contributed by atoms with Gasteiger partial charge in [0.2, 0.25) is 5.91 Å². The predicted octanol–water partition coefficient (Wildman–Crippen LogP) is 4.57. The Labute approximate surface area is 167 Å². The van der Waals surface area contributed by atoms with Gasteiger partial charge in [-0.1, -0.05) is 31.2 Å². The summed E-state index contributed by atoms with van der Waals surface area (Å²) >= 11 is 1.71. The molecule has 0 radical (unpaired) electrons. The summed E-state index contributed by atoms with van der Waals surface area (Å²) in [6.07, 6.45) is 2.82. The average Bonchev–Trinajstić information content (AvgIpc) is 3.44. The van der Waals surface area contributed by atoms with Crippen LogP contribution in [0.15, 0.2) is 48.5 Å². The van der Waals surface area contributed by atoms with E-state index >= 15 is 0 Å². The number of carbonyl (C=O) groups is 1. The number of imidazole rings is 1. The Bertz CT molecular complexity index is 1130. The number of aromatic nitrogens is 3. The van der Waals surface area contributed by atoms with Crippen molar-refractivity contribution in [3.8, 4) is 0 Å². The molecule has 1 fully saturated rings. The van der Waals surface area contributed by atoms with E-state index in [0.29, 0.717) is 6.54 Å². The van der Waals surface area contributed by atoms with E-state index in [1.165, 1.54) is 4.70 Å². The van der Waals surface area contributed by atoms with E-state index in [-0.39, 0.29) is 11.9 Å². The minimum absolute atomic E-state index is 0.0877. The summed E-state index contributed by atoms with van der Waals surface area (Å²) in [5.41, 5.74) is 3.01. The Hall–Kier alpha value is -2.73. The maximum absolute atomic E-state index is 13.3. The minimum atomic E-state index is 0.0877. The highest BCUT2D eigenvalue weighted by molar-refractivity contribution is 7.18. The molecular weight excluding hydrogens is 368 g/mol. The van der Waals surface area contributed by atoms with Crippen molar-refractivity contribution in [3.05, 3.63) is 59.4 Å². The second kappa shape index (κ2) is 7.02. The number of benzene rings is 2. The van der Waals surface area contributed by atoms with Crippen LogP contribution in [0, 0.1) is 0 Å². The van der Waals surface area contributed by atoms with Gasteiger partial charge in [0.05, 0.1) is 27.3 Å². The number of amides is 1. The van der Waals surface area contributed by atoms with Crippen molar-refractivity contribution in [2.45, 2.75) is 38.8 Å². The molecule has 6 heteroatoms. The standard InChI is InChI=1S/C22H22N4OS/c1-2-20-23-15-8-3-5-10-17(15)26(20)14-21(27)25-13-7-11-18(25)22-24-16-9-4-6-12-19(16)28-22/h3-6,8-10,12,18H,2,7,11,13-14H2,1H3. The highest BCUT2D eigenvalue weighted by Gasteiger charge is 2.32. The number of nitrogens with zero attached hydrogens (tertiary/aromatic N) is 4. The van der Waals surface area contributed by atoms with Gasteiger partial charge in [0.25, 0.3) is 0 Å². The molecule has 2 aromatic heterocycles. The minimum Gasteiger partial charge on any atom is -0.332 e. The van der Waals surface area contributed by atoms with Crippen LogP contribution in [0.1, 0.15) is 36.6 Å². The molecule has 0 N–H and O–H groups in total. The van der Waals surface area contributed by atoms with Gasteiger partial charge in [0.1, 0.15) is 17.4 Å². The number of thiazole rings is 1. The fraction of sp³-hybridized carbons (Fsp3) is 0.318. The second-order valence-electron chi connectivity index (χ2n) is 7.22. The van der Waals surface area contributed by atoms with Crippen LogP contribution in [-0.4, -0.2) is 31.9 Å². The molecule has 0 saturated carbocycles. The van der Waals surface area contributed by atoms with Gasteiger partial charge in [0, 0.05) is 13.0 Å². The van der Waals surface area contributed by atoms with Crippen LogP contribution in [0.2, 0.25) is 0 Å². The number of rotatable bonds is 4. The van der Waals surface area contributed by atoms with Crippen LogP contribution in [0.25, 0.3) is 21.3 Å². The average molecular weight is 391 g/mol. The quantitative estimate of drug-likeness (QED) is 0.513. The van der Waals surface area contributed by atoms with Crippen LogP contribution >= 0.6 is 11.3 Å². The van der Waals surface area contributed by atoms with E-state index in [1.54, 1.807) is 11.3 Å². The molecule has 1 aliphatic heterocycles. The Balaban J connectivity index is 1.45. The molecule has 4 aromatic rings. The van der Waals surface area contributed by atoms with Crippen LogP contribution < -0.4 is 0 Å². The van der Waals surface area contributed by atoms with Gasteiger partial charge >= 0.3 is 0 Å². The normalized spacial score (nSPS) is 17.0. The molecule has 5 rings (SSSR count). The van der Waals surface area contributed by atoms with E-state index < -0.39 is 0 Å². The number of aryl methyl sites for hydroxylation is 1. The molecule has 1 unspecified atom stereocenters. The zero-order valence-corrected chi connectivity index (χ0v) is 16.7. The molecule has 1 amide bonds. The van der Waals surface area contributed by atoms with E-state index in [4.69, 9.17) is 9.97 Å². The van der Waals surface area contributed by atoms with Gasteiger partial charge in [-0.15, -0.1) is 11.3 Å². The van der Waals surface area contributed by atoms with Crippen molar-refractivity contribution in [1.29, 1.82) is 0 Å². The van der Waals surface area contributed by atoms with Crippen molar-refractivity contribution in [1.82, 2.24) is 19.4 Å². The summed E-state index contributed by atoms with van der Waals surface area (Å²) < 4.78 is 3.26. The molecule has 0 bridgehead atoms. The van der Waals surface area contributed by atoms with Crippen molar-refractivity contribution >= 4 is 38.5 Å². The molecule has 142 valence electrons. The van der Waals surface area contributed by atoms with Gasteiger partial charge in [-0.25, -0.2) is 9.97 Å². The molecule has 1 saturated heterocycles. The summed E-state index contributed by atoms with van der Waals surface area (Å²) in [5, 5.41) is 1.05. The summed E-state index contributed by atoms with van der Waals surface area (Å²) in [7, 11) is 0. The zero-order chi connectivity index (χ0) is 19.1. The second-order valence-corrected chi connectivity index (χ2v) is 8.28. The molecule has 0 spiro atoms. The van der Waals surface area contributed by atoms with Crippen molar-refractivity contribution in [2.75, 3.05) is 6.54 Å². The number of hydrogen-bond acceptors (Lipinski definition) is 4. The van der Waals surface area contributed by atoms with E-state index in [1.807, 2.05) is 47.4 Å². The summed E-state index contributed by atoms with van der Waals surface area (Å²) in [4.78, 5) is 24.8. The summed E-state index contributed by atoms with van der Waals surface area (Å²) in [5.74, 6) is 1.12. The highest BCUT2D eigenvalue weighted by atomic mass is 32.1. The molecule has 28 heavy (non-hydrogen) atoms. The molecule has 1 atom stereocenters. The Morgan fingerprint density at radius 1 is 1.11 bits per heavy atom. The van der Waals surface area contributed by atoms with E-state index in [9.17, 15) is 4.79 Å². The first-order valence-electron chi connectivity index (χ1n) is 9.83. The Kier molecular flexibility index (Phi) is 4.36. The van der Waals surface area contributed by atoms with E-state index in [0.717, 1.165) is 53.2 Å². The van der Waals surface area contributed by atoms with Gasteiger partial charge in [-0.3, -0.25) is 4.79 Å². The molecular formula is C22H22N4OS. The Morgan fingerprint density at radius 2 is 1.89 bits per heavy atom. The number of likely N-dealkylation sites (tertiary alicyclic amines) is 1. The largest absolute Gasteiger partial charge is 0.332 e. The fourth-order valence-electron chi connectivity index (χ4n) is 4.15. The zero-order valence-electron chi connectivity index (χ0n) is 15.8. The molecule has 0 aliphatic carbocycles. The number of carbonyl (C=O) groups excluding carboxylic acids is 1. The predicted molar refractivity (Wildman–Crippen MR) is 112 cm³/mol. The Morgan fingerprint density at radius 3 is 2.71 bits per heavy atom. The third kappa shape index (κ3) is 2.88. The molecule has 5 nitrogen and oxygen atoms in total. The smallest absolute Gasteiger partial charge is 0.243 e. The van der Waals surface area contributed by atoms with Gasteiger partial charge in [0.15, 0.2) is 0 Å². The fourth-order valence-corrected chi connectivity index (χ4v) is 5.27. The number of hydrogen-bond donors (Lipinski definition) is 0. The first-order chi connectivity index (χ1) is 13.7. The maximum Gasteiger partial charge on any atom is 0.243 e. The lowest BCUT2D eigenvalue weighted by Gasteiger charge is -2.24. The first-order valence-corrected chi connectivity index (χ1v) is 10.7. The monoisotopic (exact) mass is 390 g/mol. The topological polar surface area (TPSA) is 51.0 Å². The first kappa shape index (κ1) is 17.4. The highest BCUT2D eigenvalue weighted by Crippen LogP contribution is 2.36. The SMILES string of the molecule is CCc1nc2ccccc2n1CC(=O)N1CCCC1c1nc2ccccc2s1. The third-order valence-corrected chi connectivity index (χ3v) is 6.65. The summed E-state index contributed by atoms with van der Waals surface area (Å²) in [6.45, 7) is 3.22. The lowest BCUT2D eigenvalue weighted by Crippen LogP contribution is -2.33. The van der Waals surface area contributed by atoms with Crippen LogP contribution in [0.5, 0.6) is 0 Å². The number of fused-ring (bicyclic) bond motifs is 2. The van der Waals surface area contributed by atoms with Crippen LogP contribution in [0.4, 0.5) is 0 Å². The lowest BCUT2D eigenvalue weighted by molar-refractivity contribution is -0.132. The van der Waals surface area contributed by atoms with Crippen LogP contribution in [0.3, 0.4) is 0 Å². The molecule has 3 heterocycles. The third-order valence-electron chi connectivity index (χ3n) is 5.51. The van der Waals surface area contributed by atoms with Crippen molar-refractivity contribution in [3.63, 3.8) is 0 Å². The van der Waals surface area contributed by atoms with Gasteiger partial charge < -0.3 is 9.47 Å². The van der Waals surface area contributed by atoms with Gasteiger partial charge in [-0.2, -0.15) is 0 Å². The van der Waals surface area contributed by atoms with Crippen molar-refractivity contribution in [2.24, 2.45) is 0 Å². The van der Waals surface area contributed by atoms with Crippen LogP contribution in [-0.2, 0) is 17.8 Å². The lowest BCUT2D eigenvalue weighted by atomic mass is 10.2. The summed E-state index contributed by atoms with van der Waals surface area (Å²) in [6, 6.07) is 16.3. The maximum atomic E-state index is 13.3. The van der Waals surface area contributed by atoms with E-state index in [2.05, 4.69) is 17.6 Å². The van der Waals surface area contributed by atoms with Crippen molar-refractivity contribution < 1.29 is 4.79 Å². The van der Waals surface area contributed by atoms with Gasteiger partial charge in [-0.05, 0) is 37.1 Å². The molecule has 1 aliphatic rings. The molecule has 2 aromatic carbocycles. The number of para-hydroxylation sites is 3.